The lowest BCUT2D eigenvalue weighted by molar-refractivity contribution is 0.102. The minimum atomic E-state index is -0.322. The van der Waals surface area contributed by atoms with Crippen LogP contribution in [0, 0.1) is 13.8 Å². The molecule has 0 saturated heterocycles. The molecular weight excluding hydrogens is 454 g/mol. The number of tetrazole rings is 1. The minimum absolute atomic E-state index is 0.229. The number of amides is 1. The number of hydrogen-bond acceptors (Lipinski definition) is 6. The number of nitrogens with one attached hydrogen (secondary N) is 1. The van der Waals surface area contributed by atoms with Crippen molar-refractivity contribution in [2.24, 2.45) is 0 Å². The molecule has 0 unspecified atom stereocenters. The number of nitrogens with zero attached hydrogens (tertiary/aromatic N) is 8. The maximum Gasteiger partial charge on any atom is 0.276 e. The van der Waals surface area contributed by atoms with Crippen LogP contribution in [0.25, 0.3) is 17.1 Å². The van der Waals surface area contributed by atoms with Crippen molar-refractivity contribution in [3.8, 4) is 17.1 Å². The predicted octanol–water partition coefficient (Wildman–Crippen LogP) is 3.75. The Kier molecular flexibility index (Phi) is 5.64. The van der Waals surface area contributed by atoms with Gasteiger partial charge in [-0.1, -0.05) is 41.9 Å². The fraction of sp³-hybridized carbons (Fsp3) is 0.130. The van der Waals surface area contributed by atoms with Gasteiger partial charge in [-0.05, 0) is 49.4 Å². The summed E-state index contributed by atoms with van der Waals surface area (Å²) >= 11 is 6.24. The molecule has 0 saturated carbocycles. The molecule has 3 aromatic heterocycles. The largest absolute Gasteiger partial charge is 0.321 e. The smallest absolute Gasteiger partial charge is 0.276 e. The van der Waals surface area contributed by atoms with Crippen molar-refractivity contribution in [1.29, 1.82) is 0 Å². The maximum atomic E-state index is 12.7. The number of benzene rings is 2. The van der Waals surface area contributed by atoms with Gasteiger partial charge in [-0.2, -0.15) is 10.2 Å². The molecule has 1 amide bonds. The molecule has 5 rings (SSSR count). The fourth-order valence-corrected chi connectivity index (χ4v) is 3.57. The zero-order chi connectivity index (χ0) is 23.7. The van der Waals surface area contributed by atoms with Crippen molar-refractivity contribution in [2.45, 2.75) is 20.5 Å². The first-order valence-corrected chi connectivity index (χ1v) is 10.9. The van der Waals surface area contributed by atoms with Crippen molar-refractivity contribution in [2.75, 3.05) is 5.32 Å². The average molecular weight is 474 g/mol. The Bertz CT molecular complexity index is 1450. The molecule has 3 heterocycles. The molecule has 0 aliphatic heterocycles. The third kappa shape index (κ3) is 4.30. The van der Waals surface area contributed by atoms with Gasteiger partial charge in [0.05, 0.1) is 22.1 Å². The van der Waals surface area contributed by atoms with Gasteiger partial charge >= 0.3 is 0 Å². The average Bonchev–Trinajstić information content (AvgIpc) is 3.58. The number of carbonyl (C=O) groups excluding carboxylic acids is 1. The molecular formula is C23H20ClN9O. The topological polar surface area (TPSA) is 108 Å². The van der Waals surface area contributed by atoms with Gasteiger partial charge < -0.3 is 5.32 Å². The van der Waals surface area contributed by atoms with E-state index in [0.717, 1.165) is 22.6 Å². The Morgan fingerprint density at radius 3 is 2.44 bits per heavy atom. The Balaban J connectivity index is 1.24. The quantitative estimate of drug-likeness (QED) is 0.402. The Morgan fingerprint density at radius 2 is 1.74 bits per heavy atom. The number of rotatable bonds is 6. The van der Waals surface area contributed by atoms with Crippen LogP contribution in [0.2, 0.25) is 5.02 Å². The second-order valence-corrected chi connectivity index (χ2v) is 8.01. The molecule has 0 spiro atoms. The molecule has 0 radical (unpaired) electrons. The number of halogens is 1. The number of anilines is 1. The van der Waals surface area contributed by atoms with Crippen LogP contribution in [-0.2, 0) is 6.67 Å². The van der Waals surface area contributed by atoms with Crippen LogP contribution in [0.3, 0.4) is 0 Å². The first-order chi connectivity index (χ1) is 16.5. The van der Waals surface area contributed by atoms with Crippen molar-refractivity contribution in [1.82, 2.24) is 39.8 Å². The third-order valence-electron chi connectivity index (χ3n) is 5.20. The molecule has 0 aliphatic carbocycles. The molecule has 2 aromatic carbocycles. The summed E-state index contributed by atoms with van der Waals surface area (Å²) in [6, 6.07) is 18.6. The summed E-state index contributed by atoms with van der Waals surface area (Å²) in [4.78, 5) is 14.1. The summed E-state index contributed by atoms with van der Waals surface area (Å²) in [5.74, 6) is 0.203. The van der Waals surface area contributed by atoms with Crippen LogP contribution in [0.15, 0.2) is 66.9 Å². The van der Waals surface area contributed by atoms with E-state index >= 15 is 0 Å². The SMILES string of the molecule is Cc1nn(-c2ccc(NC(=O)c3ccn(Cn4nnc(-c5ccccc5)n4)n3)cc2)c(C)c1Cl. The zero-order valence-electron chi connectivity index (χ0n) is 18.4. The van der Waals surface area contributed by atoms with Gasteiger partial charge in [0.15, 0.2) is 12.4 Å². The van der Waals surface area contributed by atoms with E-state index in [2.05, 4.69) is 30.9 Å². The molecule has 10 nitrogen and oxygen atoms in total. The van der Waals surface area contributed by atoms with E-state index in [1.54, 1.807) is 33.8 Å². The number of aryl methyl sites for hydroxylation is 1. The van der Waals surface area contributed by atoms with E-state index in [-0.39, 0.29) is 18.3 Å². The van der Waals surface area contributed by atoms with E-state index < -0.39 is 0 Å². The molecule has 34 heavy (non-hydrogen) atoms. The molecule has 0 fully saturated rings. The van der Waals surface area contributed by atoms with Gasteiger partial charge in [-0.15, -0.1) is 15.0 Å². The van der Waals surface area contributed by atoms with E-state index in [9.17, 15) is 4.79 Å². The second-order valence-electron chi connectivity index (χ2n) is 7.63. The lowest BCUT2D eigenvalue weighted by atomic mass is 10.2. The van der Waals surface area contributed by atoms with Crippen molar-refractivity contribution in [3.63, 3.8) is 0 Å². The maximum absolute atomic E-state index is 12.7. The van der Waals surface area contributed by atoms with E-state index in [1.165, 1.54) is 4.80 Å². The van der Waals surface area contributed by atoms with Crippen molar-refractivity contribution >= 4 is 23.2 Å². The highest BCUT2D eigenvalue weighted by Crippen LogP contribution is 2.23. The summed E-state index contributed by atoms with van der Waals surface area (Å²) in [5, 5.41) is 24.7. The summed E-state index contributed by atoms with van der Waals surface area (Å²) in [6.07, 6.45) is 1.69. The zero-order valence-corrected chi connectivity index (χ0v) is 19.2. The minimum Gasteiger partial charge on any atom is -0.321 e. The normalized spacial score (nSPS) is 11.0. The Labute approximate surface area is 199 Å². The first-order valence-electron chi connectivity index (χ1n) is 10.5. The highest BCUT2D eigenvalue weighted by Gasteiger charge is 2.13. The summed E-state index contributed by atoms with van der Waals surface area (Å²) in [7, 11) is 0. The van der Waals surface area contributed by atoms with Gasteiger partial charge in [-0.25, -0.2) is 9.36 Å². The number of carbonyl (C=O) groups is 1. The molecule has 0 bridgehead atoms. The molecule has 1 N–H and O–H groups in total. The van der Waals surface area contributed by atoms with Crippen LogP contribution >= 0.6 is 11.6 Å². The van der Waals surface area contributed by atoms with Crippen LogP contribution in [0.5, 0.6) is 0 Å². The fourth-order valence-electron chi connectivity index (χ4n) is 3.45. The van der Waals surface area contributed by atoms with E-state index in [0.29, 0.717) is 16.5 Å². The van der Waals surface area contributed by atoms with Crippen LogP contribution < -0.4 is 5.32 Å². The summed E-state index contributed by atoms with van der Waals surface area (Å²) < 4.78 is 3.34. The van der Waals surface area contributed by atoms with Crippen LogP contribution in [-0.4, -0.2) is 45.7 Å². The third-order valence-corrected chi connectivity index (χ3v) is 5.75. The van der Waals surface area contributed by atoms with E-state index in [4.69, 9.17) is 11.6 Å². The lowest BCUT2D eigenvalue weighted by Crippen LogP contribution is -2.15. The van der Waals surface area contributed by atoms with Crippen molar-refractivity contribution < 1.29 is 4.79 Å². The Hall–Kier alpha value is -4.31. The van der Waals surface area contributed by atoms with Gasteiger partial charge in [0.25, 0.3) is 5.91 Å². The lowest BCUT2D eigenvalue weighted by Gasteiger charge is -2.07. The van der Waals surface area contributed by atoms with Gasteiger partial charge in [0, 0.05) is 17.4 Å². The molecule has 0 aliphatic rings. The number of aromatic nitrogens is 8. The summed E-state index contributed by atoms with van der Waals surface area (Å²) in [5.41, 5.74) is 4.27. The molecule has 0 atom stereocenters. The van der Waals surface area contributed by atoms with Gasteiger partial charge in [0.2, 0.25) is 5.82 Å². The van der Waals surface area contributed by atoms with Crippen LogP contribution in [0.1, 0.15) is 21.9 Å². The van der Waals surface area contributed by atoms with Gasteiger partial charge in [-0.3, -0.25) is 4.79 Å². The molecule has 11 heteroatoms. The van der Waals surface area contributed by atoms with Crippen molar-refractivity contribution in [3.05, 3.63) is 89.0 Å². The predicted molar refractivity (Wildman–Crippen MR) is 127 cm³/mol. The monoisotopic (exact) mass is 473 g/mol. The highest BCUT2D eigenvalue weighted by molar-refractivity contribution is 6.31. The van der Waals surface area contributed by atoms with Gasteiger partial charge in [0.1, 0.15) is 0 Å². The van der Waals surface area contributed by atoms with E-state index in [1.807, 2.05) is 56.3 Å². The van der Waals surface area contributed by atoms with Crippen LogP contribution in [0.4, 0.5) is 5.69 Å². The summed E-state index contributed by atoms with van der Waals surface area (Å²) in [6.45, 7) is 4.00. The second kappa shape index (κ2) is 8.91. The first kappa shape index (κ1) is 21.5. The molecule has 5 aromatic rings. The Morgan fingerprint density at radius 1 is 0.971 bits per heavy atom. The standard InChI is InChI=1S/C23H20ClN9O/c1-15-21(24)16(2)33(27-15)19-10-8-18(9-11-19)25-23(34)20-12-13-31(28-20)14-32-29-22(26-30-32)17-6-4-3-5-7-17/h3-13H,14H2,1-2H3,(H,25,34). The molecule has 170 valence electrons. The highest BCUT2D eigenvalue weighted by atomic mass is 35.5. The number of hydrogen-bond donors (Lipinski definition) is 1.